The van der Waals surface area contributed by atoms with Gasteiger partial charge >= 0.3 is 0 Å². The van der Waals surface area contributed by atoms with Crippen LogP contribution in [0.1, 0.15) is 46.5 Å². The van der Waals surface area contributed by atoms with Crippen molar-refractivity contribution in [2.24, 2.45) is 11.7 Å². The Morgan fingerprint density at radius 3 is 2.60 bits per heavy atom. The summed E-state index contributed by atoms with van der Waals surface area (Å²) in [6.07, 6.45) is 3.49. The van der Waals surface area contributed by atoms with Crippen molar-refractivity contribution in [3.8, 4) is 0 Å². The first-order valence-electron chi connectivity index (χ1n) is 6.00. The maximum Gasteiger partial charge on any atom is 0.0736 e. The van der Waals surface area contributed by atoms with Gasteiger partial charge in [0.05, 0.1) is 17.8 Å². The molecule has 0 saturated carbocycles. The van der Waals surface area contributed by atoms with Crippen LogP contribution in [0.3, 0.4) is 0 Å². The summed E-state index contributed by atoms with van der Waals surface area (Å²) < 4.78 is 5.63. The lowest BCUT2D eigenvalue weighted by Gasteiger charge is -2.45. The first-order valence-corrected chi connectivity index (χ1v) is 6.00. The molecule has 0 radical (unpaired) electrons. The van der Waals surface area contributed by atoms with Crippen molar-refractivity contribution in [1.82, 2.24) is 0 Å². The number of aliphatic hydroxyl groups is 1. The van der Waals surface area contributed by atoms with Gasteiger partial charge in [0, 0.05) is 12.3 Å². The van der Waals surface area contributed by atoms with E-state index < -0.39 is 5.60 Å². The van der Waals surface area contributed by atoms with Crippen LogP contribution in [0.15, 0.2) is 0 Å². The van der Waals surface area contributed by atoms with Crippen molar-refractivity contribution in [3.05, 3.63) is 0 Å². The molecule has 0 spiro atoms. The molecule has 90 valence electrons. The molecule has 1 aliphatic heterocycles. The first-order chi connectivity index (χ1) is 6.93. The first kappa shape index (κ1) is 12.9. The molecule has 3 nitrogen and oxygen atoms in total. The molecule has 1 fully saturated rings. The predicted octanol–water partition coefficient (Wildman–Crippen LogP) is 1.68. The summed E-state index contributed by atoms with van der Waals surface area (Å²) in [5.74, 6) is 0.214. The summed E-state index contributed by atoms with van der Waals surface area (Å²) in [6, 6.07) is 0. The third kappa shape index (κ3) is 3.16. The summed E-state index contributed by atoms with van der Waals surface area (Å²) in [5, 5.41) is 10.6. The van der Waals surface area contributed by atoms with E-state index in [0.717, 1.165) is 19.3 Å². The zero-order chi connectivity index (χ0) is 11.5. The van der Waals surface area contributed by atoms with Gasteiger partial charge in [-0.15, -0.1) is 0 Å². The SMILES string of the molecule is CCCC(CN)C1(O)CCOC(C)(C)C1. The van der Waals surface area contributed by atoms with Gasteiger partial charge < -0.3 is 15.6 Å². The van der Waals surface area contributed by atoms with Crippen molar-refractivity contribution in [2.45, 2.75) is 57.7 Å². The fraction of sp³-hybridized carbons (Fsp3) is 1.00. The Hall–Kier alpha value is -0.120. The molecule has 1 rings (SSSR count). The number of hydrogen-bond donors (Lipinski definition) is 2. The maximum atomic E-state index is 10.6. The van der Waals surface area contributed by atoms with Crippen LogP contribution in [-0.4, -0.2) is 29.5 Å². The van der Waals surface area contributed by atoms with E-state index in [-0.39, 0.29) is 11.5 Å². The highest BCUT2D eigenvalue weighted by molar-refractivity contribution is 4.95. The minimum absolute atomic E-state index is 0.214. The molecule has 0 aliphatic carbocycles. The number of nitrogens with two attached hydrogens (primary N) is 1. The monoisotopic (exact) mass is 215 g/mol. The van der Waals surface area contributed by atoms with E-state index in [1.54, 1.807) is 0 Å². The van der Waals surface area contributed by atoms with Crippen LogP contribution in [0.2, 0.25) is 0 Å². The molecule has 0 bridgehead atoms. The normalized spacial score (nSPS) is 32.6. The van der Waals surface area contributed by atoms with Crippen LogP contribution in [0.25, 0.3) is 0 Å². The van der Waals surface area contributed by atoms with Gasteiger partial charge in [0.1, 0.15) is 0 Å². The predicted molar refractivity (Wildman–Crippen MR) is 61.7 cm³/mol. The molecule has 2 unspecified atom stereocenters. The minimum Gasteiger partial charge on any atom is -0.389 e. The molecule has 0 aromatic carbocycles. The van der Waals surface area contributed by atoms with E-state index in [0.29, 0.717) is 19.6 Å². The molecule has 1 heterocycles. The molecule has 1 saturated heterocycles. The van der Waals surface area contributed by atoms with Gasteiger partial charge in [-0.25, -0.2) is 0 Å². The summed E-state index contributed by atoms with van der Waals surface area (Å²) in [6.45, 7) is 7.42. The Morgan fingerprint density at radius 1 is 1.47 bits per heavy atom. The van der Waals surface area contributed by atoms with Gasteiger partial charge in [0.2, 0.25) is 0 Å². The maximum absolute atomic E-state index is 10.6. The zero-order valence-corrected chi connectivity index (χ0v) is 10.3. The van der Waals surface area contributed by atoms with Gasteiger partial charge in [-0.2, -0.15) is 0 Å². The Labute approximate surface area is 93.0 Å². The average molecular weight is 215 g/mol. The van der Waals surface area contributed by atoms with Crippen LogP contribution >= 0.6 is 0 Å². The molecule has 15 heavy (non-hydrogen) atoms. The van der Waals surface area contributed by atoms with Gasteiger partial charge in [-0.1, -0.05) is 13.3 Å². The quantitative estimate of drug-likeness (QED) is 0.750. The Morgan fingerprint density at radius 2 is 2.13 bits per heavy atom. The van der Waals surface area contributed by atoms with Crippen LogP contribution < -0.4 is 5.73 Å². The summed E-state index contributed by atoms with van der Waals surface area (Å²) in [7, 11) is 0. The number of rotatable bonds is 4. The van der Waals surface area contributed by atoms with Crippen molar-refractivity contribution in [3.63, 3.8) is 0 Å². The molecule has 0 aromatic rings. The highest BCUT2D eigenvalue weighted by Gasteiger charge is 2.43. The lowest BCUT2D eigenvalue weighted by molar-refractivity contribution is -0.165. The lowest BCUT2D eigenvalue weighted by Crippen LogP contribution is -2.52. The molecule has 1 aliphatic rings. The molecular formula is C12H25NO2. The van der Waals surface area contributed by atoms with Crippen molar-refractivity contribution in [2.75, 3.05) is 13.2 Å². The van der Waals surface area contributed by atoms with E-state index in [1.807, 2.05) is 13.8 Å². The van der Waals surface area contributed by atoms with E-state index in [2.05, 4.69) is 6.92 Å². The standard InChI is InChI=1S/C12H25NO2/c1-4-5-10(8-13)12(14)6-7-15-11(2,3)9-12/h10,14H,4-9,13H2,1-3H3. The smallest absolute Gasteiger partial charge is 0.0736 e. The van der Waals surface area contributed by atoms with E-state index in [9.17, 15) is 5.11 Å². The summed E-state index contributed by atoms with van der Waals surface area (Å²) in [4.78, 5) is 0. The number of ether oxygens (including phenoxy) is 1. The lowest BCUT2D eigenvalue weighted by atomic mass is 9.74. The van der Waals surface area contributed by atoms with Crippen LogP contribution in [-0.2, 0) is 4.74 Å². The fourth-order valence-electron chi connectivity index (χ4n) is 2.68. The second kappa shape index (κ2) is 4.81. The van der Waals surface area contributed by atoms with Crippen molar-refractivity contribution >= 4 is 0 Å². The minimum atomic E-state index is -0.619. The van der Waals surface area contributed by atoms with Gasteiger partial charge in [-0.3, -0.25) is 0 Å². The van der Waals surface area contributed by atoms with Gasteiger partial charge in [0.25, 0.3) is 0 Å². The third-order valence-electron chi connectivity index (χ3n) is 3.44. The Kier molecular flexibility index (Phi) is 4.15. The molecule has 0 aromatic heterocycles. The topological polar surface area (TPSA) is 55.5 Å². The van der Waals surface area contributed by atoms with E-state index in [1.165, 1.54) is 0 Å². The second-order valence-corrected chi connectivity index (χ2v) is 5.36. The van der Waals surface area contributed by atoms with Crippen LogP contribution in [0.5, 0.6) is 0 Å². The van der Waals surface area contributed by atoms with Gasteiger partial charge in [-0.05, 0) is 33.2 Å². The third-order valence-corrected chi connectivity index (χ3v) is 3.44. The second-order valence-electron chi connectivity index (χ2n) is 5.36. The van der Waals surface area contributed by atoms with Crippen molar-refractivity contribution in [1.29, 1.82) is 0 Å². The van der Waals surface area contributed by atoms with E-state index >= 15 is 0 Å². The zero-order valence-electron chi connectivity index (χ0n) is 10.3. The number of hydrogen-bond acceptors (Lipinski definition) is 3. The Bertz CT molecular complexity index is 206. The molecule has 2 atom stereocenters. The van der Waals surface area contributed by atoms with E-state index in [4.69, 9.17) is 10.5 Å². The fourth-order valence-corrected chi connectivity index (χ4v) is 2.68. The molecule has 0 amide bonds. The highest BCUT2D eigenvalue weighted by atomic mass is 16.5. The van der Waals surface area contributed by atoms with Crippen LogP contribution in [0, 0.1) is 5.92 Å². The average Bonchev–Trinajstić information content (AvgIpc) is 2.11. The molecular weight excluding hydrogens is 190 g/mol. The Balaban J connectivity index is 2.70. The summed E-state index contributed by atoms with van der Waals surface area (Å²) in [5.41, 5.74) is 4.93. The largest absolute Gasteiger partial charge is 0.389 e. The van der Waals surface area contributed by atoms with Gasteiger partial charge in [0.15, 0.2) is 0 Å². The highest BCUT2D eigenvalue weighted by Crippen LogP contribution is 2.38. The summed E-state index contributed by atoms with van der Waals surface area (Å²) >= 11 is 0. The molecule has 3 N–H and O–H groups in total. The van der Waals surface area contributed by atoms with Crippen LogP contribution in [0.4, 0.5) is 0 Å². The van der Waals surface area contributed by atoms with Crippen molar-refractivity contribution < 1.29 is 9.84 Å². The molecule has 3 heteroatoms.